The second kappa shape index (κ2) is 10.7. The van der Waals surface area contributed by atoms with E-state index in [-0.39, 0.29) is 17.1 Å². The van der Waals surface area contributed by atoms with Gasteiger partial charge in [-0.2, -0.15) is 0 Å². The molecular formula is C29H31N5O5. The van der Waals surface area contributed by atoms with Gasteiger partial charge in [-0.15, -0.1) is 0 Å². The Bertz CT molecular complexity index is 1580. The van der Waals surface area contributed by atoms with E-state index >= 15 is 0 Å². The summed E-state index contributed by atoms with van der Waals surface area (Å²) in [6, 6.07) is 18.2. The number of ether oxygens (including phenoxy) is 2. The Balaban J connectivity index is 1.55. The molecule has 3 aromatic carbocycles. The average molecular weight is 530 g/mol. The highest BCUT2D eigenvalue weighted by atomic mass is 16.6. The monoisotopic (exact) mass is 529 g/mol. The number of hydrogen-bond acceptors (Lipinski definition) is 8. The number of hydrogen-bond donors (Lipinski definition) is 0. The predicted octanol–water partition coefficient (Wildman–Crippen LogP) is 4.33. The average Bonchev–Trinajstić information content (AvgIpc) is 2.93. The van der Waals surface area contributed by atoms with E-state index in [0.29, 0.717) is 35.1 Å². The van der Waals surface area contributed by atoms with E-state index in [1.165, 1.54) is 41.1 Å². The van der Waals surface area contributed by atoms with Gasteiger partial charge in [-0.25, -0.2) is 4.98 Å². The summed E-state index contributed by atoms with van der Waals surface area (Å²) in [5, 5.41) is 11.6. The number of rotatable bonds is 7. The van der Waals surface area contributed by atoms with Crippen LogP contribution in [0.1, 0.15) is 18.3 Å². The molecular weight excluding hydrogens is 498 g/mol. The molecule has 1 aliphatic rings. The smallest absolute Gasteiger partial charge is 0.270 e. The van der Waals surface area contributed by atoms with Crippen molar-refractivity contribution in [3.63, 3.8) is 0 Å². The number of piperazine rings is 1. The van der Waals surface area contributed by atoms with Gasteiger partial charge in [0.15, 0.2) is 0 Å². The lowest BCUT2D eigenvalue weighted by molar-refractivity contribution is -0.384. The fourth-order valence-electron chi connectivity index (χ4n) is 5.15. The molecule has 1 aromatic heterocycles. The first-order chi connectivity index (χ1) is 18.8. The Morgan fingerprint density at radius 2 is 1.79 bits per heavy atom. The lowest BCUT2D eigenvalue weighted by Crippen LogP contribution is -2.52. The first-order valence-corrected chi connectivity index (χ1v) is 12.8. The highest BCUT2D eigenvalue weighted by Gasteiger charge is 2.26. The molecule has 1 fully saturated rings. The topological polar surface area (TPSA) is 103 Å². The number of methoxy groups -OCH3 is 2. The standard InChI is InChI=1S/C29H31N5O5/c1-19-5-7-21(8-6-19)32-14-13-31(17-20(32)2)18-28-30-25-11-9-22(34(36)37)15-24(25)29(35)33(28)26-12-10-23(38-3)16-27(26)39-4/h5-12,15-16,20H,13-14,17-18H2,1-4H3/t20-/m1/s1. The van der Waals surface area contributed by atoms with Gasteiger partial charge in [0, 0.05) is 49.6 Å². The summed E-state index contributed by atoms with van der Waals surface area (Å²) in [7, 11) is 3.08. The van der Waals surface area contributed by atoms with E-state index in [0.717, 1.165) is 19.6 Å². The Morgan fingerprint density at radius 3 is 2.46 bits per heavy atom. The van der Waals surface area contributed by atoms with Gasteiger partial charge in [0.1, 0.15) is 17.3 Å². The number of nitrogens with zero attached hydrogens (tertiary/aromatic N) is 5. The van der Waals surface area contributed by atoms with Crippen LogP contribution < -0.4 is 19.9 Å². The van der Waals surface area contributed by atoms with Crippen LogP contribution in [0.5, 0.6) is 11.5 Å². The first-order valence-electron chi connectivity index (χ1n) is 12.8. The van der Waals surface area contributed by atoms with Crippen molar-refractivity contribution >= 4 is 22.3 Å². The third-order valence-electron chi connectivity index (χ3n) is 7.20. The molecule has 1 atom stereocenters. The molecule has 2 heterocycles. The minimum atomic E-state index is -0.514. The zero-order chi connectivity index (χ0) is 27.7. The number of aryl methyl sites for hydroxylation is 1. The quantitative estimate of drug-likeness (QED) is 0.258. The van der Waals surface area contributed by atoms with Crippen LogP contribution in [0.25, 0.3) is 16.6 Å². The summed E-state index contributed by atoms with van der Waals surface area (Å²) in [5.74, 6) is 1.54. The molecule has 1 saturated heterocycles. The highest BCUT2D eigenvalue weighted by Crippen LogP contribution is 2.29. The van der Waals surface area contributed by atoms with E-state index in [4.69, 9.17) is 14.5 Å². The maximum absolute atomic E-state index is 13.9. The first kappa shape index (κ1) is 26.2. The van der Waals surface area contributed by atoms with Crippen LogP contribution in [0.15, 0.2) is 65.5 Å². The predicted molar refractivity (Wildman–Crippen MR) is 150 cm³/mol. The lowest BCUT2D eigenvalue weighted by atomic mass is 10.1. The molecule has 1 aliphatic heterocycles. The molecule has 0 saturated carbocycles. The maximum Gasteiger partial charge on any atom is 0.270 e. The van der Waals surface area contributed by atoms with Crippen molar-refractivity contribution in [1.29, 1.82) is 0 Å². The molecule has 0 radical (unpaired) electrons. The summed E-state index contributed by atoms with van der Waals surface area (Å²) in [4.78, 5) is 34.3. The summed E-state index contributed by atoms with van der Waals surface area (Å²) >= 11 is 0. The molecule has 0 spiro atoms. The fraction of sp³-hybridized carbons (Fsp3) is 0.310. The lowest BCUT2D eigenvalue weighted by Gasteiger charge is -2.41. The van der Waals surface area contributed by atoms with Crippen molar-refractivity contribution in [3.8, 4) is 17.2 Å². The van der Waals surface area contributed by atoms with E-state index in [1.807, 2.05) is 0 Å². The molecule has 0 amide bonds. The van der Waals surface area contributed by atoms with Crippen molar-refractivity contribution in [2.75, 3.05) is 38.8 Å². The highest BCUT2D eigenvalue weighted by molar-refractivity contribution is 5.80. The Kier molecular flexibility index (Phi) is 7.21. The van der Waals surface area contributed by atoms with Crippen molar-refractivity contribution in [1.82, 2.24) is 14.5 Å². The van der Waals surface area contributed by atoms with Crippen molar-refractivity contribution in [2.45, 2.75) is 26.4 Å². The summed E-state index contributed by atoms with van der Waals surface area (Å²) in [6.45, 7) is 7.09. The normalized spacial score (nSPS) is 15.9. The Labute approximate surface area is 226 Å². The summed E-state index contributed by atoms with van der Waals surface area (Å²) in [5.41, 5.74) is 2.76. The Morgan fingerprint density at radius 1 is 1.03 bits per heavy atom. The van der Waals surface area contributed by atoms with Crippen LogP contribution in [0.2, 0.25) is 0 Å². The molecule has 0 bridgehead atoms. The van der Waals surface area contributed by atoms with Crippen LogP contribution in [0.3, 0.4) is 0 Å². The van der Waals surface area contributed by atoms with Gasteiger partial charge in [0.2, 0.25) is 0 Å². The zero-order valence-electron chi connectivity index (χ0n) is 22.5. The molecule has 0 unspecified atom stereocenters. The van der Waals surface area contributed by atoms with Crippen molar-refractivity contribution in [3.05, 3.63) is 92.5 Å². The zero-order valence-corrected chi connectivity index (χ0v) is 22.5. The third kappa shape index (κ3) is 5.15. The minimum absolute atomic E-state index is 0.163. The van der Waals surface area contributed by atoms with Gasteiger partial charge in [-0.3, -0.25) is 24.4 Å². The van der Waals surface area contributed by atoms with Crippen LogP contribution in [0.4, 0.5) is 11.4 Å². The van der Waals surface area contributed by atoms with Gasteiger partial charge in [-0.05, 0) is 44.2 Å². The van der Waals surface area contributed by atoms with Gasteiger partial charge in [0.05, 0.1) is 42.3 Å². The van der Waals surface area contributed by atoms with Gasteiger partial charge in [0.25, 0.3) is 11.2 Å². The van der Waals surface area contributed by atoms with Crippen LogP contribution in [-0.2, 0) is 6.54 Å². The largest absolute Gasteiger partial charge is 0.497 e. The molecule has 5 rings (SSSR count). The van der Waals surface area contributed by atoms with E-state index in [2.05, 4.69) is 47.9 Å². The SMILES string of the molecule is COc1ccc(-n2c(CN3CCN(c4ccc(C)cc4)[C@H](C)C3)nc3ccc([N+](=O)[O-])cc3c2=O)c(OC)c1. The van der Waals surface area contributed by atoms with Gasteiger partial charge >= 0.3 is 0 Å². The number of non-ortho nitro benzene ring substituents is 1. The van der Waals surface area contributed by atoms with E-state index in [1.54, 1.807) is 25.3 Å². The van der Waals surface area contributed by atoms with Crippen LogP contribution >= 0.6 is 0 Å². The number of benzene rings is 3. The van der Waals surface area contributed by atoms with Crippen molar-refractivity contribution < 1.29 is 14.4 Å². The van der Waals surface area contributed by atoms with Crippen molar-refractivity contribution in [2.24, 2.45) is 0 Å². The number of nitro groups is 1. The molecule has 4 aromatic rings. The van der Waals surface area contributed by atoms with Crippen LogP contribution in [0, 0.1) is 17.0 Å². The fourth-order valence-corrected chi connectivity index (χ4v) is 5.15. The molecule has 10 heteroatoms. The number of aromatic nitrogens is 2. The summed E-state index contributed by atoms with van der Waals surface area (Å²) < 4.78 is 12.4. The molecule has 39 heavy (non-hydrogen) atoms. The number of anilines is 1. The van der Waals surface area contributed by atoms with Crippen LogP contribution in [-0.4, -0.2) is 59.3 Å². The molecule has 0 aliphatic carbocycles. The molecule has 202 valence electrons. The maximum atomic E-state index is 13.9. The second-order valence-electron chi connectivity index (χ2n) is 9.78. The van der Waals surface area contributed by atoms with Gasteiger partial charge < -0.3 is 14.4 Å². The van der Waals surface area contributed by atoms with E-state index < -0.39 is 10.5 Å². The summed E-state index contributed by atoms with van der Waals surface area (Å²) in [6.07, 6.45) is 0. The Hall–Kier alpha value is -4.44. The molecule has 0 N–H and O–H groups in total. The number of fused-ring (bicyclic) bond motifs is 1. The number of nitro benzene ring substituents is 1. The van der Waals surface area contributed by atoms with E-state index in [9.17, 15) is 14.9 Å². The third-order valence-corrected chi connectivity index (χ3v) is 7.20. The second-order valence-corrected chi connectivity index (χ2v) is 9.78. The minimum Gasteiger partial charge on any atom is -0.497 e. The molecule has 10 nitrogen and oxygen atoms in total. The van der Waals surface area contributed by atoms with Gasteiger partial charge in [-0.1, -0.05) is 17.7 Å².